The van der Waals surface area contributed by atoms with Gasteiger partial charge in [0.1, 0.15) is 11.4 Å². The van der Waals surface area contributed by atoms with Crippen molar-refractivity contribution >= 4 is 17.7 Å². The maximum atomic E-state index is 11.5. The van der Waals surface area contributed by atoms with Gasteiger partial charge in [-0.2, -0.15) is 0 Å². The Kier molecular flexibility index (Phi) is 11.1. The molecule has 0 bridgehead atoms. The van der Waals surface area contributed by atoms with Crippen molar-refractivity contribution in [2.45, 2.75) is 95.8 Å². The van der Waals surface area contributed by atoms with Crippen LogP contribution in [0.2, 0.25) is 0 Å². The van der Waals surface area contributed by atoms with E-state index in [-0.39, 0.29) is 11.4 Å². The average Bonchev–Trinajstić information content (AvgIpc) is 2.86. The third-order valence-electron chi connectivity index (χ3n) is 6.45. The van der Waals surface area contributed by atoms with Gasteiger partial charge in [0.25, 0.3) is 0 Å². The molecule has 3 rings (SSSR count). The van der Waals surface area contributed by atoms with Crippen LogP contribution in [0.15, 0.2) is 29.4 Å². The van der Waals surface area contributed by atoms with Gasteiger partial charge in [0.2, 0.25) is 0 Å². The second-order valence-corrected chi connectivity index (χ2v) is 11.0. The molecule has 1 aromatic carbocycles. The van der Waals surface area contributed by atoms with Crippen LogP contribution in [0.1, 0.15) is 102 Å². The molecule has 0 fully saturated rings. The zero-order chi connectivity index (χ0) is 25.8. The predicted octanol–water partition coefficient (Wildman–Crippen LogP) is 6.88. The number of carbonyl (C=O) groups excluding carboxylic acids is 1. The number of carbonyl (C=O) groups is 1. The molecule has 2 aromatic rings. The van der Waals surface area contributed by atoms with E-state index in [1.165, 1.54) is 36.1 Å². The molecule has 0 saturated heterocycles. The number of benzene rings is 1. The molecule has 36 heavy (non-hydrogen) atoms. The zero-order valence-corrected chi connectivity index (χ0v) is 23.1. The normalized spacial score (nSPS) is 13.8. The highest BCUT2D eigenvalue weighted by Gasteiger charge is 2.29. The van der Waals surface area contributed by atoms with E-state index in [4.69, 9.17) is 9.47 Å². The number of hydrogen-bond donors (Lipinski definition) is 0. The average molecular weight is 509 g/mol. The van der Waals surface area contributed by atoms with E-state index in [0.29, 0.717) is 18.7 Å². The van der Waals surface area contributed by atoms with Crippen molar-refractivity contribution in [3.05, 3.63) is 47.0 Å². The summed E-state index contributed by atoms with van der Waals surface area (Å²) < 4.78 is 11.0. The summed E-state index contributed by atoms with van der Waals surface area (Å²) in [6.45, 7) is 9.82. The van der Waals surface area contributed by atoms with Crippen LogP contribution in [0, 0.1) is 11.8 Å². The highest BCUT2D eigenvalue weighted by Crippen LogP contribution is 2.41. The third kappa shape index (κ3) is 8.55. The highest BCUT2D eigenvalue weighted by molar-refractivity contribution is 7.99. The highest BCUT2D eigenvalue weighted by atomic mass is 32.2. The van der Waals surface area contributed by atoms with Gasteiger partial charge in [-0.3, -0.25) is 9.78 Å². The van der Waals surface area contributed by atoms with E-state index in [1.807, 2.05) is 18.7 Å². The molecule has 2 heterocycles. The number of rotatable bonds is 12. The van der Waals surface area contributed by atoms with Crippen molar-refractivity contribution in [1.29, 1.82) is 0 Å². The monoisotopic (exact) mass is 508 g/mol. The van der Waals surface area contributed by atoms with Crippen molar-refractivity contribution in [2.24, 2.45) is 0 Å². The minimum atomic E-state index is -0.134. The van der Waals surface area contributed by atoms with E-state index < -0.39 is 0 Å². The largest absolute Gasteiger partial charge is 0.493 e. The number of nitrogens with zero attached hydrogens (tertiary/aromatic N) is 2. The lowest BCUT2D eigenvalue weighted by molar-refractivity contribution is -0.143. The molecule has 0 spiro atoms. The molecule has 1 aromatic heterocycles. The van der Waals surface area contributed by atoms with Crippen molar-refractivity contribution < 1.29 is 14.3 Å². The van der Waals surface area contributed by atoms with Gasteiger partial charge in [-0.1, -0.05) is 46.0 Å². The lowest BCUT2D eigenvalue weighted by Gasteiger charge is -2.33. The Morgan fingerprint density at radius 1 is 1.08 bits per heavy atom. The Morgan fingerprint density at radius 2 is 1.94 bits per heavy atom. The van der Waals surface area contributed by atoms with Crippen LogP contribution >= 0.6 is 11.8 Å². The molecule has 0 unspecified atom stereocenters. The van der Waals surface area contributed by atoms with Crippen LogP contribution in [0.25, 0.3) is 0 Å². The minimum Gasteiger partial charge on any atom is -0.493 e. The SMILES string of the molecule is CCCCCCSc1cc2c(cc1C#Cc1cnc(CCCCC(=O)OCC)cn1)C(C)(C)CCO2. The van der Waals surface area contributed by atoms with Gasteiger partial charge >= 0.3 is 5.97 Å². The van der Waals surface area contributed by atoms with Crippen LogP contribution in [-0.4, -0.2) is 34.9 Å². The van der Waals surface area contributed by atoms with E-state index in [2.05, 4.69) is 54.7 Å². The quantitative estimate of drug-likeness (QED) is 0.135. The molecule has 5 nitrogen and oxygen atoms in total. The van der Waals surface area contributed by atoms with Crippen molar-refractivity contribution in [3.8, 4) is 17.6 Å². The Labute approximate surface area is 221 Å². The Bertz CT molecular complexity index is 1050. The Hall–Kier alpha value is -2.52. The Balaban J connectivity index is 1.69. The van der Waals surface area contributed by atoms with Gasteiger partial charge < -0.3 is 9.47 Å². The maximum Gasteiger partial charge on any atom is 0.305 e. The summed E-state index contributed by atoms with van der Waals surface area (Å²) in [6.07, 6.45) is 12.5. The summed E-state index contributed by atoms with van der Waals surface area (Å²) in [5.41, 5.74) is 3.93. The fraction of sp³-hybridized carbons (Fsp3) is 0.567. The van der Waals surface area contributed by atoms with E-state index in [1.54, 1.807) is 12.4 Å². The molecule has 0 radical (unpaired) electrons. The van der Waals surface area contributed by atoms with E-state index in [9.17, 15) is 4.79 Å². The number of thioether (sulfide) groups is 1. The number of aryl methyl sites for hydroxylation is 1. The first-order valence-electron chi connectivity index (χ1n) is 13.4. The predicted molar refractivity (Wildman–Crippen MR) is 147 cm³/mol. The first kappa shape index (κ1) is 28.1. The fourth-order valence-corrected chi connectivity index (χ4v) is 5.20. The molecule has 0 atom stereocenters. The van der Waals surface area contributed by atoms with Gasteiger partial charge in [0, 0.05) is 28.6 Å². The number of hydrogen-bond acceptors (Lipinski definition) is 6. The third-order valence-corrected chi connectivity index (χ3v) is 7.59. The van der Waals surface area contributed by atoms with Gasteiger partial charge in [0.15, 0.2) is 0 Å². The van der Waals surface area contributed by atoms with E-state index in [0.717, 1.165) is 55.0 Å². The second kappa shape index (κ2) is 14.3. The van der Waals surface area contributed by atoms with Crippen LogP contribution in [0.3, 0.4) is 0 Å². The summed E-state index contributed by atoms with van der Waals surface area (Å²) in [6, 6.07) is 4.41. The molecule has 0 N–H and O–H groups in total. The standard InChI is InChI=1S/C30H40N2O3S/c1-5-7-8-11-18-36-28-20-27-26(30(3,4)16-17-35-27)19-23(28)14-15-25-22-31-24(21-32-25)12-9-10-13-29(33)34-6-2/h19-22H,5-13,16-18H2,1-4H3. The molecule has 0 amide bonds. The van der Waals surface area contributed by atoms with Crippen molar-refractivity contribution in [1.82, 2.24) is 9.97 Å². The zero-order valence-electron chi connectivity index (χ0n) is 22.3. The summed E-state index contributed by atoms with van der Waals surface area (Å²) in [5.74, 6) is 8.57. The van der Waals surface area contributed by atoms with Gasteiger partial charge in [-0.25, -0.2) is 4.98 Å². The maximum absolute atomic E-state index is 11.5. The first-order chi connectivity index (χ1) is 17.4. The molecule has 194 valence electrons. The smallest absolute Gasteiger partial charge is 0.305 e. The van der Waals surface area contributed by atoms with Crippen LogP contribution in [-0.2, 0) is 21.4 Å². The number of aromatic nitrogens is 2. The Morgan fingerprint density at radius 3 is 2.69 bits per heavy atom. The second-order valence-electron chi connectivity index (χ2n) is 9.89. The number of unbranched alkanes of at least 4 members (excludes halogenated alkanes) is 4. The number of ether oxygens (including phenoxy) is 2. The molecule has 0 saturated carbocycles. The number of esters is 1. The van der Waals surface area contributed by atoms with Gasteiger partial charge in [0.05, 0.1) is 25.1 Å². The fourth-order valence-electron chi connectivity index (χ4n) is 4.18. The molecular formula is C30H40N2O3S. The minimum absolute atomic E-state index is 0.0725. The van der Waals surface area contributed by atoms with Crippen LogP contribution in [0.5, 0.6) is 5.75 Å². The first-order valence-corrected chi connectivity index (χ1v) is 14.3. The van der Waals surface area contributed by atoms with Crippen LogP contribution in [0.4, 0.5) is 0 Å². The van der Waals surface area contributed by atoms with Gasteiger partial charge in [-0.05, 0) is 68.2 Å². The van der Waals surface area contributed by atoms with Gasteiger partial charge in [-0.15, -0.1) is 11.8 Å². The summed E-state index contributed by atoms with van der Waals surface area (Å²) >= 11 is 1.87. The van der Waals surface area contributed by atoms with Crippen LogP contribution < -0.4 is 4.74 Å². The van der Waals surface area contributed by atoms with E-state index >= 15 is 0 Å². The summed E-state index contributed by atoms with van der Waals surface area (Å²) in [5, 5.41) is 0. The topological polar surface area (TPSA) is 61.3 Å². The number of fused-ring (bicyclic) bond motifs is 1. The molecule has 0 aliphatic carbocycles. The molecular weight excluding hydrogens is 468 g/mol. The van der Waals surface area contributed by atoms with Crippen molar-refractivity contribution in [3.63, 3.8) is 0 Å². The summed E-state index contributed by atoms with van der Waals surface area (Å²) in [7, 11) is 0. The van der Waals surface area contributed by atoms with Crippen molar-refractivity contribution in [2.75, 3.05) is 19.0 Å². The molecule has 1 aliphatic heterocycles. The molecule has 1 aliphatic rings. The lowest BCUT2D eigenvalue weighted by Crippen LogP contribution is -2.26. The lowest BCUT2D eigenvalue weighted by atomic mass is 9.79. The summed E-state index contributed by atoms with van der Waals surface area (Å²) in [4.78, 5) is 21.7. The molecule has 6 heteroatoms.